The largest absolute Gasteiger partial charge is 0.394 e. The molecule has 0 spiro atoms. The summed E-state index contributed by atoms with van der Waals surface area (Å²) in [6.45, 7) is 4.79. The molecule has 1 saturated carbocycles. The van der Waals surface area contributed by atoms with E-state index in [1.807, 2.05) is 0 Å². The zero-order valence-corrected chi connectivity index (χ0v) is 10.4. The number of likely N-dealkylation sites (tertiary alicyclic amines) is 1. The quantitative estimate of drug-likeness (QED) is 0.725. The smallest absolute Gasteiger partial charge is 0.0698 e. The maximum atomic E-state index is 8.66. The first-order valence-corrected chi connectivity index (χ1v) is 6.77. The van der Waals surface area contributed by atoms with Gasteiger partial charge in [0.1, 0.15) is 0 Å². The number of ether oxygens (including phenoxy) is 1. The molecule has 1 aliphatic heterocycles. The van der Waals surface area contributed by atoms with Crippen LogP contribution in [0.4, 0.5) is 0 Å². The highest BCUT2D eigenvalue weighted by atomic mass is 16.5. The lowest BCUT2D eigenvalue weighted by Crippen LogP contribution is -2.40. The fourth-order valence-electron chi connectivity index (χ4n) is 3.52. The molecule has 1 saturated heterocycles. The van der Waals surface area contributed by atoms with Gasteiger partial charge in [0, 0.05) is 18.6 Å². The van der Waals surface area contributed by atoms with E-state index in [-0.39, 0.29) is 6.61 Å². The van der Waals surface area contributed by atoms with Crippen molar-refractivity contribution in [1.29, 1.82) is 0 Å². The van der Waals surface area contributed by atoms with Crippen molar-refractivity contribution in [3.63, 3.8) is 0 Å². The molecule has 2 fully saturated rings. The van der Waals surface area contributed by atoms with Gasteiger partial charge in [0.2, 0.25) is 0 Å². The third-order valence-electron chi connectivity index (χ3n) is 4.23. The average molecular weight is 227 g/mol. The fraction of sp³-hybridized carbons (Fsp3) is 1.00. The monoisotopic (exact) mass is 227 g/mol. The highest BCUT2D eigenvalue weighted by Gasteiger charge is 2.39. The van der Waals surface area contributed by atoms with Crippen LogP contribution >= 0.6 is 0 Å². The van der Waals surface area contributed by atoms with Gasteiger partial charge in [0.25, 0.3) is 0 Å². The third kappa shape index (κ3) is 2.76. The lowest BCUT2D eigenvalue weighted by atomic mass is 9.85. The van der Waals surface area contributed by atoms with Crippen LogP contribution in [-0.2, 0) is 4.74 Å². The van der Waals surface area contributed by atoms with Gasteiger partial charge in [-0.2, -0.15) is 0 Å². The Morgan fingerprint density at radius 1 is 1.25 bits per heavy atom. The van der Waals surface area contributed by atoms with Gasteiger partial charge in [-0.15, -0.1) is 0 Å². The van der Waals surface area contributed by atoms with E-state index >= 15 is 0 Å². The molecule has 2 aliphatic rings. The van der Waals surface area contributed by atoms with E-state index in [9.17, 15) is 0 Å². The highest BCUT2D eigenvalue weighted by molar-refractivity contribution is 4.93. The van der Waals surface area contributed by atoms with E-state index in [2.05, 4.69) is 11.8 Å². The van der Waals surface area contributed by atoms with Crippen LogP contribution in [0.1, 0.15) is 39.0 Å². The molecule has 1 aliphatic carbocycles. The molecule has 1 N–H and O–H groups in total. The second kappa shape index (κ2) is 5.99. The van der Waals surface area contributed by atoms with Crippen LogP contribution in [0.5, 0.6) is 0 Å². The minimum absolute atomic E-state index is 0.140. The number of fused-ring (bicyclic) bond motifs is 1. The van der Waals surface area contributed by atoms with Crippen molar-refractivity contribution >= 4 is 0 Å². The summed E-state index contributed by atoms with van der Waals surface area (Å²) in [6, 6.07) is 1.55. The van der Waals surface area contributed by atoms with Crippen molar-refractivity contribution in [2.45, 2.75) is 51.1 Å². The second-order valence-electron chi connectivity index (χ2n) is 5.27. The Morgan fingerprint density at radius 2 is 2.06 bits per heavy atom. The summed E-state index contributed by atoms with van der Waals surface area (Å²) < 4.78 is 5.38. The minimum atomic E-state index is 0.140. The fourth-order valence-corrected chi connectivity index (χ4v) is 3.52. The summed E-state index contributed by atoms with van der Waals surface area (Å²) in [5.41, 5.74) is 0. The van der Waals surface area contributed by atoms with Crippen LogP contribution in [0.2, 0.25) is 0 Å². The van der Waals surface area contributed by atoms with E-state index in [4.69, 9.17) is 9.84 Å². The van der Waals surface area contributed by atoms with E-state index in [1.165, 1.54) is 32.1 Å². The van der Waals surface area contributed by atoms with Crippen LogP contribution in [-0.4, -0.2) is 48.5 Å². The summed E-state index contributed by atoms with van der Waals surface area (Å²) in [5, 5.41) is 8.66. The maximum absolute atomic E-state index is 8.66. The third-order valence-corrected chi connectivity index (χ3v) is 4.23. The van der Waals surface area contributed by atoms with Gasteiger partial charge >= 0.3 is 0 Å². The van der Waals surface area contributed by atoms with Gasteiger partial charge in [0.05, 0.1) is 19.8 Å². The van der Waals surface area contributed by atoms with Crippen LogP contribution in [0.25, 0.3) is 0 Å². The topological polar surface area (TPSA) is 32.7 Å². The molecule has 1 heterocycles. The number of aliphatic hydroxyl groups excluding tert-OH is 1. The highest BCUT2D eigenvalue weighted by Crippen LogP contribution is 2.39. The molecule has 2 rings (SSSR count). The predicted octanol–water partition coefficient (Wildman–Crippen LogP) is 1.65. The van der Waals surface area contributed by atoms with Gasteiger partial charge in [-0.3, -0.25) is 4.90 Å². The van der Waals surface area contributed by atoms with Gasteiger partial charge in [-0.05, 0) is 32.1 Å². The van der Waals surface area contributed by atoms with Crippen LogP contribution in [0.15, 0.2) is 0 Å². The van der Waals surface area contributed by atoms with Gasteiger partial charge in [0.15, 0.2) is 0 Å². The summed E-state index contributed by atoms with van der Waals surface area (Å²) in [7, 11) is 0. The second-order valence-corrected chi connectivity index (χ2v) is 5.27. The molecule has 94 valence electrons. The molecule has 0 aromatic carbocycles. The van der Waals surface area contributed by atoms with Gasteiger partial charge in [-0.1, -0.05) is 12.8 Å². The van der Waals surface area contributed by atoms with Gasteiger partial charge < -0.3 is 9.84 Å². The van der Waals surface area contributed by atoms with Crippen molar-refractivity contribution in [3.8, 4) is 0 Å². The zero-order valence-electron chi connectivity index (χ0n) is 10.4. The molecule has 0 amide bonds. The van der Waals surface area contributed by atoms with Crippen LogP contribution < -0.4 is 0 Å². The number of aliphatic hydroxyl groups is 1. The van der Waals surface area contributed by atoms with Crippen molar-refractivity contribution in [3.05, 3.63) is 0 Å². The summed E-state index contributed by atoms with van der Waals surface area (Å²) in [6.07, 6.45) is 7.04. The maximum Gasteiger partial charge on any atom is 0.0698 e. The Morgan fingerprint density at radius 3 is 2.88 bits per heavy atom. The molecular formula is C13H25NO2. The SMILES string of the molecule is C[C@@H]1C[C@@H]2CCCC[C@H]2N1CCOCCO. The number of rotatable bonds is 5. The standard InChI is InChI=1S/C13H25NO2/c1-11-10-12-4-2-3-5-13(12)14(11)6-8-16-9-7-15/h11-13,15H,2-10H2,1H3/t11-,12+,13-/m1/s1. The molecule has 3 heteroatoms. The Hall–Kier alpha value is -0.120. The number of hydrogen-bond donors (Lipinski definition) is 1. The summed E-state index contributed by atoms with van der Waals surface area (Å²) in [4.78, 5) is 2.64. The van der Waals surface area contributed by atoms with E-state index in [0.29, 0.717) is 6.61 Å². The molecule has 3 nitrogen and oxygen atoms in total. The van der Waals surface area contributed by atoms with Crippen molar-refractivity contribution < 1.29 is 9.84 Å². The van der Waals surface area contributed by atoms with Crippen LogP contribution in [0.3, 0.4) is 0 Å². The normalized spacial score (nSPS) is 35.2. The van der Waals surface area contributed by atoms with Crippen molar-refractivity contribution in [2.75, 3.05) is 26.4 Å². The Bertz CT molecular complexity index is 210. The molecule has 0 bridgehead atoms. The first-order chi connectivity index (χ1) is 7.83. The molecule has 0 aromatic rings. The average Bonchev–Trinajstić information content (AvgIpc) is 2.61. The zero-order chi connectivity index (χ0) is 11.4. The van der Waals surface area contributed by atoms with E-state index in [1.54, 1.807) is 0 Å². The summed E-state index contributed by atoms with van der Waals surface area (Å²) in [5.74, 6) is 0.946. The van der Waals surface area contributed by atoms with E-state index in [0.717, 1.165) is 31.2 Å². The molecule has 0 radical (unpaired) electrons. The molecule has 3 atom stereocenters. The lowest BCUT2D eigenvalue weighted by molar-refractivity contribution is 0.0564. The molecular weight excluding hydrogens is 202 g/mol. The van der Waals surface area contributed by atoms with E-state index < -0.39 is 0 Å². The Labute approximate surface area is 98.8 Å². The number of nitrogens with zero attached hydrogens (tertiary/aromatic N) is 1. The first-order valence-electron chi connectivity index (χ1n) is 6.77. The summed E-state index contributed by atoms with van der Waals surface area (Å²) >= 11 is 0. The Balaban J connectivity index is 1.78. The first kappa shape index (κ1) is 12.3. The van der Waals surface area contributed by atoms with Crippen molar-refractivity contribution in [2.24, 2.45) is 5.92 Å². The number of hydrogen-bond acceptors (Lipinski definition) is 3. The molecule has 0 aromatic heterocycles. The van der Waals surface area contributed by atoms with Crippen LogP contribution in [0, 0.1) is 5.92 Å². The lowest BCUT2D eigenvalue weighted by Gasteiger charge is -2.33. The predicted molar refractivity (Wildman–Crippen MR) is 64.4 cm³/mol. The Kier molecular flexibility index (Phi) is 4.62. The van der Waals surface area contributed by atoms with Crippen molar-refractivity contribution in [1.82, 2.24) is 4.90 Å². The molecule has 16 heavy (non-hydrogen) atoms. The van der Waals surface area contributed by atoms with Gasteiger partial charge in [-0.25, -0.2) is 0 Å². The molecule has 0 unspecified atom stereocenters. The minimum Gasteiger partial charge on any atom is -0.394 e.